The van der Waals surface area contributed by atoms with Gasteiger partial charge in [0.25, 0.3) is 0 Å². The quantitative estimate of drug-likeness (QED) is 0.516. The van der Waals surface area contributed by atoms with Crippen LogP contribution in [0, 0.1) is 11.8 Å². The van der Waals surface area contributed by atoms with Crippen molar-refractivity contribution in [2.24, 2.45) is 11.8 Å². The molecule has 0 heterocycles. The fraction of sp³-hybridized carbons (Fsp3) is 1.00. The van der Waals surface area contributed by atoms with Crippen LogP contribution >= 0.6 is 0 Å². The van der Waals surface area contributed by atoms with Gasteiger partial charge in [0.15, 0.2) is 0 Å². The summed E-state index contributed by atoms with van der Waals surface area (Å²) < 4.78 is 0. The zero-order valence-corrected chi connectivity index (χ0v) is 8.69. The highest BCUT2D eigenvalue weighted by Gasteiger charge is 2.00. The van der Waals surface area contributed by atoms with Crippen LogP contribution in [0.3, 0.4) is 0 Å². The van der Waals surface area contributed by atoms with Gasteiger partial charge < -0.3 is 0 Å². The fourth-order valence-electron chi connectivity index (χ4n) is 1.51. The molecule has 1 atom stereocenters. The number of rotatable bonds is 6. The summed E-state index contributed by atoms with van der Waals surface area (Å²) in [7, 11) is 2.28. The van der Waals surface area contributed by atoms with Crippen LogP contribution in [0.4, 0.5) is 0 Å². The molecule has 0 spiro atoms. The van der Waals surface area contributed by atoms with Gasteiger partial charge in [-0.05, 0) is 11.8 Å². The molecule has 0 amide bonds. The minimum atomic E-state index is 0.892. The molecule has 1 unspecified atom stereocenters. The Morgan fingerprint density at radius 1 is 1.00 bits per heavy atom. The normalized spacial score (nSPS) is 13.8. The maximum Gasteiger partial charge on any atom is 0.101 e. The third kappa shape index (κ3) is 7.97. The molecule has 0 aromatic carbocycles. The molecule has 0 aliphatic rings. The average molecular weight is 154 g/mol. The van der Waals surface area contributed by atoms with E-state index in [0.717, 1.165) is 11.8 Å². The molecule has 0 aliphatic heterocycles. The Labute approximate surface area is 73.2 Å². The van der Waals surface area contributed by atoms with Gasteiger partial charge in [0.2, 0.25) is 0 Å². The van der Waals surface area contributed by atoms with Gasteiger partial charge in [-0.3, -0.25) is 0 Å². The van der Waals surface area contributed by atoms with Gasteiger partial charge >= 0.3 is 0 Å². The highest BCUT2D eigenvalue weighted by atomic mass is 14.1. The number of hydrogen-bond acceptors (Lipinski definition) is 0. The molecule has 0 N–H and O–H groups in total. The van der Waals surface area contributed by atoms with Crippen LogP contribution in [0.5, 0.6) is 0 Å². The van der Waals surface area contributed by atoms with E-state index in [-0.39, 0.29) is 0 Å². The SMILES string of the molecule is BCCC(C)CCCC(C)C. The van der Waals surface area contributed by atoms with Crippen molar-refractivity contribution < 1.29 is 0 Å². The first-order chi connectivity index (χ1) is 5.16. The summed E-state index contributed by atoms with van der Waals surface area (Å²) in [5, 5.41) is 0. The molecule has 0 aliphatic carbocycles. The van der Waals surface area contributed by atoms with Crippen molar-refractivity contribution >= 4 is 7.85 Å². The summed E-state index contributed by atoms with van der Waals surface area (Å²) in [5.74, 6) is 1.85. The van der Waals surface area contributed by atoms with Crippen molar-refractivity contribution in [3.05, 3.63) is 0 Å². The summed E-state index contributed by atoms with van der Waals surface area (Å²) in [6.45, 7) is 7.00. The molecule has 0 bridgehead atoms. The molecular formula is C10H23B. The predicted molar refractivity (Wildman–Crippen MR) is 55.8 cm³/mol. The van der Waals surface area contributed by atoms with Crippen LogP contribution in [0.15, 0.2) is 0 Å². The molecule has 0 aromatic rings. The molecule has 0 saturated heterocycles. The molecule has 0 rings (SSSR count). The summed E-state index contributed by atoms with van der Waals surface area (Å²) in [6.07, 6.45) is 7.04. The van der Waals surface area contributed by atoms with E-state index in [1.54, 1.807) is 0 Å². The molecule has 66 valence electrons. The molecule has 11 heavy (non-hydrogen) atoms. The van der Waals surface area contributed by atoms with Crippen molar-refractivity contribution in [2.75, 3.05) is 0 Å². The first-order valence-electron chi connectivity index (χ1n) is 5.16. The second-order valence-electron chi connectivity index (χ2n) is 4.22. The van der Waals surface area contributed by atoms with E-state index in [4.69, 9.17) is 0 Å². The maximum absolute atomic E-state index is 2.38. The van der Waals surface area contributed by atoms with Gasteiger partial charge in [0, 0.05) is 0 Å². The molecule has 0 aromatic heterocycles. The highest BCUT2D eigenvalue weighted by molar-refractivity contribution is 6.08. The Hall–Kier alpha value is 0.0649. The summed E-state index contributed by atoms with van der Waals surface area (Å²) in [4.78, 5) is 0. The van der Waals surface area contributed by atoms with Crippen LogP contribution < -0.4 is 0 Å². The summed E-state index contributed by atoms with van der Waals surface area (Å²) in [6, 6.07) is 0. The lowest BCUT2D eigenvalue weighted by Gasteiger charge is -2.10. The molecular weight excluding hydrogens is 131 g/mol. The minimum Gasteiger partial charge on any atom is -0.0808 e. The molecule has 0 radical (unpaired) electrons. The van der Waals surface area contributed by atoms with Crippen molar-refractivity contribution in [2.45, 2.75) is 52.8 Å². The van der Waals surface area contributed by atoms with Crippen LogP contribution in [0.1, 0.15) is 46.5 Å². The van der Waals surface area contributed by atoms with E-state index in [0.29, 0.717) is 0 Å². The Bertz CT molecular complexity index is 78.9. The maximum atomic E-state index is 2.38. The van der Waals surface area contributed by atoms with Crippen LogP contribution in [0.2, 0.25) is 6.32 Å². The van der Waals surface area contributed by atoms with E-state index in [1.165, 1.54) is 32.0 Å². The van der Waals surface area contributed by atoms with Gasteiger partial charge in [0.1, 0.15) is 7.85 Å². The smallest absolute Gasteiger partial charge is 0.0808 e. The Balaban J connectivity index is 3.10. The Morgan fingerprint density at radius 2 is 1.64 bits per heavy atom. The third-order valence-corrected chi connectivity index (χ3v) is 2.26. The lowest BCUT2D eigenvalue weighted by Crippen LogP contribution is -1.96. The standard InChI is InChI=1S/C10H23B/c1-9(2)5-4-6-10(3)7-8-11/h9-10H,4-8,11H2,1-3H3. The third-order valence-electron chi connectivity index (χ3n) is 2.26. The average Bonchev–Trinajstić information content (AvgIpc) is 1.87. The summed E-state index contributed by atoms with van der Waals surface area (Å²) >= 11 is 0. The van der Waals surface area contributed by atoms with E-state index in [9.17, 15) is 0 Å². The molecule has 0 fully saturated rings. The van der Waals surface area contributed by atoms with Gasteiger partial charge in [-0.15, -0.1) is 0 Å². The Morgan fingerprint density at radius 3 is 2.09 bits per heavy atom. The van der Waals surface area contributed by atoms with Crippen LogP contribution in [-0.2, 0) is 0 Å². The van der Waals surface area contributed by atoms with E-state index in [1.807, 2.05) is 0 Å². The topological polar surface area (TPSA) is 0 Å². The van der Waals surface area contributed by atoms with Crippen LogP contribution in [0.25, 0.3) is 0 Å². The zero-order valence-electron chi connectivity index (χ0n) is 8.69. The fourth-order valence-corrected chi connectivity index (χ4v) is 1.51. The van der Waals surface area contributed by atoms with E-state index in [2.05, 4.69) is 28.6 Å². The number of hydrogen-bond donors (Lipinski definition) is 0. The van der Waals surface area contributed by atoms with Crippen LogP contribution in [-0.4, -0.2) is 7.85 Å². The zero-order chi connectivity index (χ0) is 8.69. The predicted octanol–water partition coefficient (Wildman–Crippen LogP) is 2.89. The first kappa shape index (κ1) is 11.1. The van der Waals surface area contributed by atoms with Gasteiger partial charge in [0.05, 0.1) is 0 Å². The molecule has 1 heteroatoms. The van der Waals surface area contributed by atoms with Crippen molar-refractivity contribution in [1.82, 2.24) is 0 Å². The van der Waals surface area contributed by atoms with Crippen molar-refractivity contribution in [3.8, 4) is 0 Å². The van der Waals surface area contributed by atoms with Gasteiger partial charge in [-0.1, -0.05) is 52.8 Å². The second-order valence-corrected chi connectivity index (χ2v) is 4.22. The lowest BCUT2D eigenvalue weighted by molar-refractivity contribution is 0.449. The van der Waals surface area contributed by atoms with Gasteiger partial charge in [-0.25, -0.2) is 0 Å². The monoisotopic (exact) mass is 154 g/mol. The molecule has 0 saturated carbocycles. The lowest BCUT2D eigenvalue weighted by atomic mass is 9.90. The van der Waals surface area contributed by atoms with E-state index >= 15 is 0 Å². The minimum absolute atomic E-state index is 0.892. The largest absolute Gasteiger partial charge is 0.101 e. The second kappa shape index (κ2) is 6.76. The highest BCUT2D eigenvalue weighted by Crippen LogP contribution is 2.15. The van der Waals surface area contributed by atoms with Gasteiger partial charge in [-0.2, -0.15) is 0 Å². The first-order valence-corrected chi connectivity index (χ1v) is 5.16. The molecule has 0 nitrogen and oxygen atoms in total. The van der Waals surface area contributed by atoms with E-state index < -0.39 is 0 Å². The van der Waals surface area contributed by atoms with Crippen molar-refractivity contribution in [1.29, 1.82) is 0 Å². The summed E-state index contributed by atoms with van der Waals surface area (Å²) in [5.41, 5.74) is 0. The van der Waals surface area contributed by atoms with Crippen molar-refractivity contribution in [3.63, 3.8) is 0 Å². The Kier molecular flexibility index (Phi) is 6.80.